The van der Waals surface area contributed by atoms with Gasteiger partial charge in [-0.1, -0.05) is 25.6 Å². The summed E-state index contributed by atoms with van der Waals surface area (Å²) in [5, 5.41) is 0. The summed E-state index contributed by atoms with van der Waals surface area (Å²) in [6, 6.07) is 13.8. The van der Waals surface area contributed by atoms with Crippen molar-refractivity contribution in [3.05, 3.63) is 89.8 Å². The predicted octanol–water partition coefficient (Wildman–Crippen LogP) is 5.40. The number of hydrogen-bond acceptors (Lipinski definition) is 12. The standard InChI is InChI=1S/C35H35FO12/c1-4-33(38)44-17-15-42-13-11-41-12-14-43-16-18-45-35(40)48-26-7-10-29(32(36)21-26)34(39)47-25-6-9-28-27-8-5-24(46-23(3)37)19-30(27)22(2)31(28)20-25/h4-10,19-22H,1,11-18H2,2-3H3. The molecule has 0 saturated carbocycles. The molecule has 3 aromatic carbocycles. The molecule has 1 unspecified atom stereocenters. The van der Waals surface area contributed by atoms with E-state index in [9.17, 15) is 23.6 Å². The largest absolute Gasteiger partial charge is 0.513 e. The highest BCUT2D eigenvalue weighted by molar-refractivity contribution is 5.92. The summed E-state index contributed by atoms with van der Waals surface area (Å²) in [7, 11) is 0. The maximum Gasteiger partial charge on any atom is 0.513 e. The van der Waals surface area contributed by atoms with E-state index in [0.717, 1.165) is 40.5 Å². The van der Waals surface area contributed by atoms with E-state index in [0.29, 0.717) is 19.0 Å². The number of esters is 3. The third kappa shape index (κ3) is 10.2. The number of carbonyl (C=O) groups is 4. The molecule has 1 aliphatic rings. The minimum Gasteiger partial charge on any atom is -0.460 e. The van der Waals surface area contributed by atoms with Crippen molar-refractivity contribution in [3.8, 4) is 28.4 Å². The van der Waals surface area contributed by atoms with Crippen LogP contribution in [0.5, 0.6) is 17.2 Å². The molecular weight excluding hydrogens is 631 g/mol. The van der Waals surface area contributed by atoms with Crippen molar-refractivity contribution in [3.63, 3.8) is 0 Å². The highest BCUT2D eigenvalue weighted by Gasteiger charge is 2.27. The van der Waals surface area contributed by atoms with Crippen LogP contribution in [0.3, 0.4) is 0 Å². The second-order valence-corrected chi connectivity index (χ2v) is 10.3. The lowest BCUT2D eigenvalue weighted by Crippen LogP contribution is -2.17. The van der Waals surface area contributed by atoms with Gasteiger partial charge in [-0.15, -0.1) is 0 Å². The molecule has 0 N–H and O–H groups in total. The summed E-state index contributed by atoms with van der Waals surface area (Å²) in [6.45, 7) is 8.10. The first-order valence-electron chi connectivity index (χ1n) is 15.0. The Bertz CT molecular complexity index is 1640. The molecule has 3 aromatic rings. The van der Waals surface area contributed by atoms with Gasteiger partial charge < -0.3 is 37.9 Å². The molecule has 1 atom stereocenters. The van der Waals surface area contributed by atoms with Gasteiger partial charge in [0, 0.05) is 25.0 Å². The van der Waals surface area contributed by atoms with Crippen molar-refractivity contribution < 1.29 is 61.5 Å². The van der Waals surface area contributed by atoms with Crippen LogP contribution in [0, 0.1) is 5.82 Å². The van der Waals surface area contributed by atoms with Gasteiger partial charge >= 0.3 is 24.1 Å². The molecule has 0 radical (unpaired) electrons. The van der Waals surface area contributed by atoms with E-state index < -0.39 is 29.9 Å². The molecule has 13 heteroatoms. The first-order valence-corrected chi connectivity index (χ1v) is 15.0. The molecule has 0 aliphatic heterocycles. The second kappa shape index (κ2) is 17.7. The van der Waals surface area contributed by atoms with Gasteiger partial charge in [0.15, 0.2) is 0 Å². The van der Waals surface area contributed by atoms with Gasteiger partial charge in [0.1, 0.15) is 36.3 Å². The molecule has 0 amide bonds. The van der Waals surface area contributed by atoms with Crippen LogP contribution in [0.15, 0.2) is 67.3 Å². The third-order valence-corrected chi connectivity index (χ3v) is 6.93. The lowest BCUT2D eigenvalue weighted by atomic mass is 9.99. The highest BCUT2D eigenvalue weighted by atomic mass is 19.1. The van der Waals surface area contributed by atoms with Crippen LogP contribution in [0.2, 0.25) is 0 Å². The number of benzene rings is 3. The molecule has 0 saturated heterocycles. The van der Waals surface area contributed by atoms with Crippen LogP contribution >= 0.6 is 0 Å². The van der Waals surface area contributed by atoms with Crippen LogP contribution in [-0.2, 0) is 33.3 Å². The molecule has 0 fully saturated rings. The third-order valence-electron chi connectivity index (χ3n) is 6.93. The number of fused-ring (bicyclic) bond motifs is 3. The van der Waals surface area contributed by atoms with Crippen LogP contribution in [0.1, 0.15) is 41.3 Å². The molecule has 1 aliphatic carbocycles. The first-order chi connectivity index (χ1) is 23.2. The van der Waals surface area contributed by atoms with Crippen molar-refractivity contribution in [2.24, 2.45) is 0 Å². The Hall–Kier alpha value is -5.11. The minimum atomic E-state index is -1.08. The zero-order valence-electron chi connectivity index (χ0n) is 26.5. The van der Waals surface area contributed by atoms with E-state index in [2.05, 4.69) is 6.58 Å². The fourth-order valence-electron chi connectivity index (χ4n) is 4.75. The SMILES string of the molecule is C=CC(=O)OCCOCCOCCOCCOC(=O)Oc1ccc(C(=O)Oc2ccc3c(c2)C(C)c2cc(OC(C)=O)ccc2-3)c(F)c1. The summed E-state index contributed by atoms with van der Waals surface area (Å²) in [4.78, 5) is 47.0. The smallest absolute Gasteiger partial charge is 0.460 e. The second-order valence-electron chi connectivity index (χ2n) is 10.3. The van der Waals surface area contributed by atoms with E-state index in [1.54, 1.807) is 18.2 Å². The lowest BCUT2D eigenvalue weighted by molar-refractivity contribution is -0.139. The predicted molar refractivity (Wildman–Crippen MR) is 168 cm³/mol. The first kappa shape index (κ1) is 35.7. The van der Waals surface area contributed by atoms with E-state index in [1.165, 1.54) is 13.0 Å². The maximum absolute atomic E-state index is 14.8. The van der Waals surface area contributed by atoms with Crippen molar-refractivity contribution in [2.45, 2.75) is 19.8 Å². The Morgan fingerprint density at radius 2 is 1.19 bits per heavy atom. The van der Waals surface area contributed by atoms with Crippen molar-refractivity contribution in [2.75, 3.05) is 52.9 Å². The number of hydrogen-bond donors (Lipinski definition) is 0. The molecule has 4 rings (SSSR count). The maximum atomic E-state index is 14.8. The minimum absolute atomic E-state index is 0.0662. The summed E-state index contributed by atoms with van der Waals surface area (Å²) >= 11 is 0. The van der Waals surface area contributed by atoms with Gasteiger partial charge in [-0.05, 0) is 58.7 Å². The van der Waals surface area contributed by atoms with Crippen molar-refractivity contribution in [1.82, 2.24) is 0 Å². The van der Waals surface area contributed by atoms with Gasteiger partial charge in [0.05, 0.1) is 45.2 Å². The molecular formula is C35H35FO12. The molecule has 0 spiro atoms. The van der Waals surface area contributed by atoms with E-state index in [4.69, 9.17) is 37.9 Å². The summed E-state index contributed by atoms with van der Waals surface area (Å²) < 4.78 is 56.0. The fraction of sp³-hybridized carbons (Fsp3) is 0.314. The average Bonchev–Trinajstić information content (AvgIpc) is 3.32. The Balaban J connectivity index is 1.15. The average molecular weight is 667 g/mol. The fourth-order valence-corrected chi connectivity index (χ4v) is 4.75. The number of rotatable bonds is 17. The Morgan fingerprint density at radius 3 is 1.73 bits per heavy atom. The Kier molecular flexibility index (Phi) is 13.2. The summed E-state index contributed by atoms with van der Waals surface area (Å²) in [5.74, 6) is -2.36. The molecule has 48 heavy (non-hydrogen) atoms. The number of ether oxygens (including phenoxy) is 8. The van der Waals surface area contributed by atoms with Crippen LogP contribution in [-0.4, -0.2) is 76.9 Å². The van der Waals surface area contributed by atoms with Crippen LogP contribution < -0.4 is 14.2 Å². The topological polar surface area (TPSA) is 142 Å². The van der Waals surface area contributed by atoms with Crippen molar-refractivity contribution >= 4 is 24.1 Å². The van der Waals surface area contributed by atoms with Gasteiger partial charge in [0.25, 0.3) is 0 Å². The molecule has 12 nitrogen and oxygen atoms in total. The van der Waals surface area contributed by atoms with Gasteiger partial charge in [-0.3, -0.25) is 4.79 Å². The molecule has 0 bridgehead atoms. The lowest BCUT2D eigenvalue weighted by Gasteiger charge is -2.11. The Labute approximate surface area is 276 Å². The number of halogens is 1. The summed E-state index contributed by atoms with van der Waals surface area (Å²) in [6.07, 6.45) is -0.00344. The van der Waals surface area contributed by atoms with Gasteiger partial charge in [-0.25, -0.2) is 18.8 Å². The zero-order chi connectivity index (χ0) is 34.5. The summed E-state index contributed by atoms with van der Waals surface area (Å²) in [5.41, 5.74) is 3.45. The van der Waals surface area contributed by atoms with Crippen LogP contribution in [0.25, 0.3) is 11.1 Å². The van der Waals surface area contributed by atoms with E-state index in [1.807, 2.05) is 25.1 Å². The monoisotopic (exact) mass is 666 g/mol. The van der Waals surface area contributed by atoms with Crippen molar-refractivity contribution in [1.29, 1.82) is 0 Å². The highest BCUT2D eigenvalue weighted by Crippen LogP contribution is 2.47. The Morgan fingerprint density at radius 1 is 0.688 bits per heavy atom. The normalized spacial score (nSPS) is 12.8. The zero-order valence-corrected chi connectivity index (χ0v) is 26.5. The quantitative estimate of drug-likeness (QED) is 0.0599. The van der Waals surface area contributed by atoms with E-state index >= 15 is 0 Å². The molecule has 254 valence electrons. The van der Waals surface area contributed by atoms with Crippen LogP contribution in [0.4, 0.5) is 9.18 Å². The van der Waals surface area contributed by atoms with E-state index in [-0.39, 0.29) is 62.6 Å². The molecule has 0 heterocycles. The molecule has 0 aromatic heterocycles. The van der Waals surface area contributed by atoms with Gasteiger partial charge in [-0.2, -0.15) is 0 Å². The van der Waals surface area contributed by atoms with Gasteiger partial charge in [0.2, 0.25) is 0 Å². The number of carbonyl (C=O) groups excluding carboxylic acids is 4.